The Balaban J connectivity index is 2.18. The summed E-state index contributed by atoms with van der Waals surface area (Å²) in [6.45, 7) is 6.24. The first-order chi connectivity index (χ1) is 9.06. The molecule has 0 aliphatic carbocycles. The maximum Gasteiger partial charge on any atom is 0.328 e. The Bertz CT molecular complexity index is 544. The van der Waals surface area contributed by atoms with Gasteiger partial charge in [0.05, 0.1) is 0 Å². The van der Waals surface area contributed by atoms with Gasteiger partial charge in [0.2, 0.25) is 0 Å². The Kier molecular flexibility index (Phi) is 4.05. The van der Waals surface area contributed by atoms with Gasteiger partial charge in [0.15, 0.2) is 0 Å². The summed E-state index contributed by atoms with van der Waals surface area (Å²) in [6, 6.07) is 6.07. The molecule has 0 radical (unpaired) electrons. The second-order valence-electron chi connectivity index (χ2n) is 4.96. The summed E-state index contributed by atoms with van der Waals surface area (Å²) in [7, 11) is 0. The van der Waals surface area contributed by atoms with Gasteiger partial charge in [-0.3, -0.25) is 0 Å². The minimum atomic E-state index is -0.918. The summed E-state index contributed by atoms with van der Waals surface area (Å²) in [6.07, 6.45) is 6.17. The maximum absolute atomic E-state index is 10.5. The number of carbonyl (C=O) groups is 1. The van der Waals surface area contributed by atoms with E-state index in [1.54, 1.807) is 6.08 Å². The smallest absolute Gasteiger partial charge is 0.328 e. The van der Waals surface area contributed by atoms with Crippen molar-refractivity contribution in [3.8, 4) is 0 Å². The van der Waals surface area contributed by atoms with Gasteiger partial charge in [-0.25, -0.2) is 4.79 Å². The van der Waals surface area contributed by atoms with Gasteiger partial charge in [-0.15, -0.1) is 0 Å². The van der Waals surface area contributed by atoms with Crippen molar-refractivity contribution >= 4 is 17.7 Å². The Hall–Kier alpha value is -2.03. The molecule has 1 aromatic rings. The number of benzene rings is 1. The minimum absolute atomic E-state index is 0.918. The predicted octanol–water partition coefficient (Wildman–Crippen LogP) is 3.25. The van der Waals surface area contributed by atoms with E-state index in [4.69, 9.17) is 5.11 Å². The molecule has 1 heterocycles. The van der Waals surface area contributed by atoms with Crippen molar-refractivity contribution < 1.29 is 9.90 Å². The molecule has 1 aliphatic heterocycles. The number of hydrogen-bond acceptors (Lipinski definition) is 2. The van der Waals surface area contributed by atoms with E-state index in [1.807, 2.05) is 12.1 Å². The summed E-state index contributed by atoms with van der Waals surface area (Å²) >= 11 is 0. The highest BCUT2D eigenvalue weighted by atomic mass is 16.4. The van der Waals surface area contributed by atoms with Crippen LogP contribution < -0.4 is 4.90 Å². The Labute approximate surface area is 113 Å². The van der Waals surface area contributed by atoms with Crippen LogP contribution in [-0.2, 0) is 4.79 Å². The average molecular weight is 257 g/mol. The van der Waals surface area contributed by atoms with Crippen LogP contribution in [0.5, 0.6) is 0 Å². The molecule has 1 N–H and O–H groups in total. The number of anilines is 1. The molecule has 1 aliphatic rings. The topological polar surface area (TPSA) is 40.5 Å². The third-order valence-electron chi connectivity index (χ3n) is 3.42. The first kappa shape index (κ1) is 13.4. The normalized spacial score (nSPS) is 15.7. The Morgan fingerprint density at radius 3 is 2.74 bits per heavy atom. The lowest BCUT2D eigenvalue weighted by molar-refractivity contribution is -0.131. The fraction of sp³-hybridized carbons (Fsp3) is 0.312. The van der Waals surface area contributed by atoms with E-state index in [2.05, 4.69) is 30.9 Å². The zero-order chi connectivity index (χ0) is 13.8. The number of carboxylic acid groups (broad SMARTS) is 1. The predicted molar refractivity (Wildman–Crippen MR) is 78.4 cm³/mol. The van der Waals surface area contributed by atoms with E-state index in [9.17, 15) is 4.79 Å². The van der Waals surface area contributed by atoms with Gasteiger partial charge in [-0.1, -0.05) is 17.7 Å². The lowest BCUT2D eigenvalue weighted by Gasteiger charge is -2.29. The number of aliphatic carboxylic acids is 1. The van der Waals surface area contributed by atoms with Crippen molar-refractivity contribution in [3.63, 3.8) is 0 Å². The Morgan fingerprint density at radius 1 is 1.37 bits per heavy atom. The number of rotatable bonds is 3. The average Bonchev–Trinajstić information content (AvgIpc) is 2.38. The highest BCUT2D eigenvalue weighted by molar-refractivity contribution is 5.85. The summed E-state index contributed by atoms with van der Waals surface area (Å²) in [5.41, 5.74) is 4.79. The van der Waals surface area contributed by atoms with Crippen LogP contribution in [0.25, 0.3) is 6.08 Å². The summed E-state index contributed by atoms with van der Waals surface area (Å²) < 4.78 is 0. The molecule has 0 atom stereocenters. The largest absolute Gasteiger partial charge is 0.478 e. The van der Waals surface area contributed by atoms with E-state index >= 15 is 0 Å². The first-order valence-corrected chi connectivity index (χ1v) is 6.48. The fourth-order valence-corrected chi connectivity index (χ4v) is 2.29. The first-order valence-electron chi connectivity index (χ1n) is 6.48. The van der Waals surface area contributed by atoms with Crippen molar-refractivity contribution in [1.29, 1.82) is 0 Å². The van der Waals surface area contributed by atoms with Gasteiger partial charge in [-0.05, 0) is 49.6 Å². The molecule has 0 aromatic heterocycles. The molecule has 19 heavy (non-hydrogen) atoms. The zero-order valence-electron chi connectivity index (χ0n) is 11.4. The summed E-state index contributed by atoms with van der Waals surface area (Å²) in [5.74, 6) is -0.918. The van der Waals surface area contributed by atoms with Crippen LogP contribution in [0.2, 0.25) is 0 Å². The molecule has 0 amide bonds. The van der Waals surface area contributed by atoms with Crippen LogP contribution in [0.15, 0.2) is 35.9 Å². The van der Waals surface area contributed by atoms with Gasteiger partial charge < -0.3 is 10.0 Å². The van der Waals surface area contributed by atoms with Crippen molar-refractivity contribution in [1.82, 2.24) is 0 Å². The maximum atomic E-state index is 10.5. The number of nitrogens with zero attached hydrogens (tertiary/aromatic N) is 1. The van der Waals surface area contributed by atoms with Crippen LogP contribution in [0.4, 0.5) is 5.69 Å². The van der Waals surface area contributed by atoms with Crippen molar-refractivity contribution in [2.45, 2.75) is 20.3 Å². The quantitative estimate of drug-likeness (QED) is 0.667. The number of hydrogen-bond donors (Lipinski definition) is 1. The van der Waals surface area contributed by atoms with Gasteiger partial charge in [0.25, 0.3) is 0 Å². The molecule has 3 nitrogen and oxygen atoms in total. The molecule has 0 saturated carbocycles. The molecular weight excluding hydrogens is 238 g/mol. The highest BCUT2D eigenvalue weighted by Crippen LogP contribution is 2.24. The third kappa shape index (κ3) is 3.47. The standard InChI is InChI=1S/C16H19NO2/c1-12-7-9-17(10-8-12)15-5-3-14(11-13(15)2)4-6-16(18)19/h3-7,11H,8-10H2,1-2H3,(H,18,19)/b6-4+. The fourth-order valence-electron chi connectivity index (χ4n) is 2.29. The van der Waals surface area contributed by atoms with Crippen LogP contribution in [0, 0.1) is 6.92 Å². The SMILES string of the molecule is CC1=CCN(c2ccc(/C=C/C(=O)O)cc2C)CC1. The Morgan fingerprint density at radius 2 is 2.16 bits per heavy atom. The molecule has 0 spiro atoms. The second kappa shape index (κ2) is 5.74. The molecule has 0 unspecified atom stereocenters. The van der Waals surface area contributed by atoms with E-state index in [1.165, 1.54) is 22.9 Å². The van der Waals surface area contributed by atoms with Crippen molar-refractivity contribution in [2.24, 2.45) is 0 Å². The van der Waals surface area contributed by atoms with Crippen molar-refractivity contribution in [2.75, 3.05) is 18.0 Å². The van der Waals surface area contributed by atoms with Gasteiger partial charge in [0.1, 0.15) is 0 Å². The van der Waals surface area contributed by atoms with E-state index in [0.717, 1.165) is 25.1 Å². The van der Waals surface area contributed by atoms with E-state index < -0.39 is 5.97 Å². The molecule has 0 fully saturated rings. The van der Waals surface area contributed by atoms with E-state index in [0.29, 0.717) is 0 Å². The monoisotopic (exact) mass is 257 g/mol. The van der Waals surface area contributed by atoms with Crippen LogP contribution in [0.1, 0.15) is 24.5 Å². The molecule has 100 valence electrons. The molecule has 3 heteroatoms. The molecule has 0 saturated heterocycles. The van der Waals surface area contributed by atoms with Crippen LogP contribution in [-0.4, -0.2) is 24.2 Å². The highest BCUT2D eigenvalue weighted by Gasteiger charge is 2.12. The lowest BCUT2D eigenvalue weighted by Crippen LogP contribution is -2.28. The lowest BCUT2D eigenvalue weighted by atomic mass is 10.1. The van der Waals surface area contributed by atoms with Gasteiger partial charge >= 0.3 is 5.97 Å². The van der Waals surface area contributed by atoms with Crippen LogP contribution >= 0.6 is 0 Å². The van der Waals surface area contributed by atoms with Crippen LogP contribution in [0.3, 0.4) is 0 Å². The molecular formula is C16H19NO2. The zero-order valence-corrected chi connectivity index (χ0v) is 11.4. The molecule has 0 bridgehead atoms. The summed E-state index contributed by atoms with van der Waals surface area (Å²) in [4.78, 5) is 12.9. The number of carboxylic acids is 1. The second-order valence-corrected chi connectivity index (χ2v) is 4.96. The molecule has 1 aromatic carbocycles. The molecule has 2 rings (SSSR count). The minimum Gasteiger partial charge on any atom is -0.478 e. The number of aryl methyl sites for hydroxylation is 1. The summed E-state index contributed by atoms with van der Waals surface area (Å²) in [5, 5.41) is 8.63. The van der Waals surface area contributed by atoms with Gasteiger partial charge in [-0.2, -0.15) is 0 Å². The van der Waals surface area contributed by atoms with E-state index in [-0.39, 0.29) is 0 Å². The third-order valence-corrected chi connectivity index (χ3v) is 3.42. The van der Waals surface area contributed by atoms with Gasteiger partial charge in [0, 0.05) is 24.9 Å². The van der Waals surface area contributed by atoms with Crippen molar-refractivity contribution in [3.05, 3.63) is 47.1 Å².